The SMILES string of the molecule is COC(=O)Nc1ccc(-c2nc([C@H](Cc3ccc(F)cc3)NC(=O)/C=C/c3cc(Cl)ccc3-n3cnnn3)[nH]c2Cl)cc1. The predicted octanol–water partition coefficient (Wildman–Crippen LogP) is 5.79. The first-order chi connectivity index (χ1) is 20.8. The molecule has 0 bridgehead atoms. The number of benzene rings is 3. The second-order valence-corrected chi connectivity index (χ2v) is 9.98. The molecule has 2 amide bonds. The van der Waals surface area contributed by atoms with E-state index in [1.165, 1.54) is 36.3 Å². The van der Waals surface area contributed by atoms with Gasteiger partial charge < -0.3 is 15.0 Å². The van der Waals surface area contributed by atoms with Crippen LogP contribution < -0.4 is 10.6 Å². The van der Waals surface area contributed by atoms with Gasteiger partial charge in [0.2, 0.25) is 5.91 Å². The molecule has 1 atom stereocenters. The molecule has 0 radical (unpaired) electrons. The summed E-state index contributed by atoms with van der Waals surface area (Å²) in [6.45, 7) is 0. The Labute approximate surface area is 254 Å². The Morgan fingerprint density at radius 1 is 1.09 bits per heavy atom. The molecule has 2 aromatic heterocycles. The number of amides is 2. The Morgan fingerprint density at radius 2 is 1.86 bits per heavy atom. The molecule has 5 aromatic rings. The molecule has 218 valence electrons. The third kappa shape index (κ3) is 7.42. The summed E-state index contributed by atoms with van der Waals surface area (Å²) in [6.07, 6.45) is 4.08. The van der Waals surface area contributed by atoms with Gasteiger partial charge in [0.15, 0.2) is 0 Å². The van der Waals surface area contributed by atoms with Gasteiger partial charge in [-0.25, -0.2) is 14.2 Å². The number of carbonyl (C=O) groups excluding carboxylic acids is 2. The highest BCUT2D eigenvalue weighted by atomic mass is 35.5. The summed E-state index contributed by atoms with van der Waals surface area (Å²) in [5.74, 6) is -0.414. The molecule has 0 saturated carbocycles. The van der Waals surface area contributed by atoms with E-state index in [2.05, 4.69) is 40.9 Å². The molecule has 0 unspecified atom stereocenters. The highest BCUT2D eigenvalue weighted by molar-refractivity contribution is 6.32. The van der Waals surface area contributed by atoms with E-state index in [1.54, 1.807) is 60.7 Å². The van der Waals surface area contributed by atoms with Gasteiger partial charge in [0, 0.05) is 27.9 Å². The van der Waals surface area contributed by atoms with Crippen molar-refractivity contribution < 1.29 is 18.7 Å². The summed E-state index contributed by atoms with van der Waals surface area (Å²) in [5.41, 5.74) is 3.64. The van der Waals surface area contributed by atoms with Crippen molar-refractivity contribution in [1.29, 1.82) is 0 Å². The Kier molecular flexibility index (Phi) is 9.08. The topological polar surface area (TPSA) is 140 Å². The van der Waals surface area contributed by atoms with Crippen molar-refractivity contribution in [2.24, 2.45) is 0 Å². The number of hydrogen-bond acceptors (Lipinski definition) is 7. The normalized spacial score (nSPS) is 11.8. The first-order valence-electron chi connectivity index (χ1n) is 12.8. The first-order valence-corrected chi connectivity index (χ1v) is 13.5. The van der Waals surface area contributed by atoms with Crippen LogP contribution in [-0.2, 0) is 16.0 Å². The van der Waals surface area contributed by atoms with Gasteiger partial charge in [0.1, 0.15) is 28.8 Å². The highest BCUT2D eigenvalue weighted by Gasteiger charge is 2.21. The van der Waals surface area contributed by atoms with Gasteiger partial charge in [0.25, 0.3) is 0 Å². The molecule has 0 aliphatic rings. The zero-order valence-electron chi connectivity index (χ0n) is 22.5. The number of H-pyrrole nitrogens is 1. The van der Waals surface area contributed by atoms with E-state index >= 15 is 0 Å². The summed E-state index contributed by atoms with van der Waals surface area (Å²) >= 11 is 12.7. The third-order valence-corrected chi connectivity index (χ3v) is 6.78. The van der Waals surface area contributed by atoms with Crippen molar-refractivity contribution in [3.63, 3.8) is 0 Å². The molecule has 3 aromatic carbocycles. The van der Waals surface area contributed by atoms with Crippen LogP contribution in [0, 0.1) is 5.82 Å². The standard InChI is InChI=1S/C29H23Cl2FN8O3/c1-43-29(42)34-22-10-4-18(5-11-22)26-27(31)37-28(36-26)23(14-17-2-8-21(32)9-3-17)35-25(41)13-6-19-15-20(30)7-12-24(19)40-16-33-38-39-40/h2-13,15-16,23H,14H2,1H3,(H,34,42)(H,35,41)(H,36,37)/b13-6+/t23-/m0/s1. The van der Waals surface area contributed by atoms with Crippen LogP contribution >= 0.6 is 23.2 Å². The summed E-state index contributed by atoms with van der Waals surface area (Å²) in [7, 11) is 1.27. The number of aromatic nitrogens is 6. The fourth-order valence-electron chi connectivity index (χ4n) is 4.20. The molecular weight excluding hydrogens is 598 g/mol. The van der Waals surface area contributed by atoms with Crippen molar-refractivity contribution in [3.8, 4) is 16.9 Å². The fourth-order valence-corrected chi connectivity index (χ4v) is 4.63. The Hall–Kier alpha value is -5.07. The largest absolute Gasteiger partial charge is 0.453 e. The van der Waals surface area contributed by atoms with Crippen molar-refractivity contribution in [2.45, 2.75) is 12.5 Å². The van der Waals surface area contributed by atoms with Crippen LogP contribution in [0.4, 0.5) is 14.9 Å². The summed E-state index contributed by atoms with van der Waals surface area (Å²) in [5, 5.41) is 17.5. The molecule has 0 spiro atoms. The maximum Gasteiger partial charge on any atom is 0.411 e. The molecule has 5 rings (SSSR count). The number of halogens is 3. The fraction of sp³-hybridized carbons (Fsp3) is 0.103. The number of carbonyl (C=O) groups is 2. The number of tetrazole rings is 1. The summed E-state index contributed by atoms with van der Waals surface area (Å²) in [4.78, 5) is 32.4. The Balaban J connectivity index is 1.40. The van der Waals surface area contributed by atoms with Crippen LogP contribution in [-0.4, -0.2) is 49.3 Å². The molecule has 0 fully saturated rings. The number of anilines is 1. The van der Waals surface area contributed by atoms with Gasteiger partial charge in [-0.2, -0.15) is 4.68 Å². The van der Waals surface area contributed by atoms with Gasteiger partial charge in [-0.1, -0.05) is 47.5 Å². The van der Waals surface area contributed by atoms with Crippen molar-refractivity contribution in [2.75, 3.05) is 12.4 Å². The third-order valence-electron chi connectivity index (χ3n) is 6.27. The number of methoxy groups -OCH3 is 1. The lowest BCUT2D eigenvalue weighted by Gasteiger charge is -2.16. The van der Waals surface area contributed by atoms with Crippen LogP contribution in [0.15, 0.2) is 79.1 Å². The molecule has 43 heavy (non-hydrogen) atoms. The number of aromatic amines is 1. The molecule has 0 saturated heterocycles. The van der Waals surface area contributed by atoms with Gasteiger partial charge in [-0.15, -0.1) is 5.10 Å². The average Bonchev–Trinajstić information content (AvgIpc) is 3.68. The highest BCUT2D eigenvalue weighted by Crippen LogP contribution is 2.30. The lowest BCUT2D eigenvalue weighted by Crippen LogP contribution is -2.29. The van der Waals surface area contributed by atoms with E-state index in [4.69, 9.17) is 23.2 Å². The van der Waals surface area contributed by atoms with Crippen LogP contribution in [0.3, 0.4) is 0 Å². The van der Waals surface area contributed by atoms with Gasteiger partial charge >= 0.3 is 6.09 Å². The van der Waals surface area contributed by atoms with Crippen molar-refractivity contribution >= 4 is 47.0 Å². The lowest BCUT2D eigenvalue weighted by atomic mass is 10.0. The minimum absolute atomic E-state index is 0.252. The predicted molar refractivity (Wildman–Crippen MR) is 159 cm³/mol. The maximum absolute atomic E-state index is 13.6. The zero-order chi connectivity index (χ0) is 30.3. The number of imidazole rings is 1. The Bertz CT molecular complexity index is 1760. The number of hydrogen-bond donors (Lipinski definition) is 3. The van der Waals surface area contributed by atoms with Gasteiger partial charge in [-0.05, 0) is 71.0 Å². The maximum atomic E-state index is 13.6. The van der Waals surface area contributed by atoms with E-state index in [1.807, 2.05) is 0 Å². The number of nitrogens with one attached hydrogen (secondary N) is 3. The summed E-state index contributed by atoms with van der Waals surface area (Å²) in [6, 6.07) is 17.2. The molecule has 14 heteroatoms. The van der Waals surface area contributed by atoms with Gasteiger partial charge in [-0.3, -0.25) is 10.1 Å². The van der Waals surface area contributed by atoms with E-state index in [0.29, 0.717) is 39.0 Å². The number of ether oxygens (including phenoxy) is 1. The van der Waals surface area contributed by atoms with E-state index in [0.717, 1.165) is 5.56 Å². The van der Waals surface area contributed by atoms with Crippen LogP contribution in [0.1, 0.15) is 23.0 Å². The van der Waals surface area contributed by atoms with E-state index < -0.39 is 18.0 Å². The number of rotatable bonds is 9. The quantitative estimate of drug-likeness (QED) is 0.177. The van der Waals surface area contributed by atoms with Crippen molar-refractivity contribution in [1.82, 2.24) is 35.5 Å². The molecule has 0 aliphatic heterocycles. The molecular formula is C29H23Cl2FN8O3. The second-order valence-electron chi connectivity index (χ2n) is 9.16. The molecule has 0 aliphatic carbocycles. The van der Waals surface area contributed by atoms with Crippen molar-refractivity contribution in [3.05, 3.63) is 112 Å². The minimum atomic E-state index is -0.660. The van der Waals surface area contributed by atoms with Crippen LogP contribution in [0.2, 0.25) is 10.2 Å². The van der Waals surface area contributed by atoms with Gasteiger partial charge in [0.05, 0.1) is 18.8 Å². The zero-order valence-corrected chi connectivity index (χ0v) is 24.0. The molecule has 11 nitrogen and oxygen atoms in total. The molecule has 2 heterocycles. The number of nitrogens with zero attached hydrogens (tertiary/aromatic N) is 5. The summed E-state index contributed by atoms with van der Waals surface area (Å²) < 4.78 is 19.6. The van der Waals surface area contributed by atoms with E-state index in [9.17, 15) is 14.0 Å². The second kappa shape index (κ2) is 13.3. The van der Waals surface area contributed by atoms with Crippen LogP contribution in [0.25, 0.3) is 23.0 Å². The van der Waals surface area contributed by atoms with E-state index in [-0.39, 0.29) is 17.4 Å². The smallest absolute Gasteiger partial charge is 0.411 e. The van der Waals surface area contributed by atoms with Crippen LogP contribution in [0.5, 0.6) is 0 Å². The average molecular weight is 621 g/mol. The monoisotopic (exact) mass is 620 g/mol. The first kappa shape index (κ1) is 29.4. The Morgan fingerprint density at radius 3 is 2.56 bits per heavy atom. The lowest BCUT2D eigenvalue weighted by molar-refractivity contribution is -0.117. The minimum Gasteiger partial charge on any atom is -0.453 e. The molecule has 3 N–H and O–H groups in total.